The smallest absolute Gasteiger partial charge is 0.200 e. The summed E-state index contributed by atoms with van der Waals surface area (Å²) in [5, 5.41) is 0. The number of carbonyl (C=O) groups is 2. The summed E-state index contributed by atoms with van der Waals surface area (Å²) >= 11 is 0. The van der Waals surface area contributed by atoms with Gasteiger partial charge in [-0.15, -0.1) is 0 Å². The van der Waals surface area contributed by atoms with E-state index < -0.39 is 0 Å². The first-order valence-electron chi connectivity index (χ1n) is 7.09. The van der Waals surface area contributed by atoms with Crippen LogP contribution in [0.25, 0.3) is 0 Å². The fourth-order valence-electron chi connectivity index (χ4n) is 2.18. The number of hydrogen-bond donors (Lipinski definition) is 0. The summed E-state index contributed by atoms with van der Waals surface area (Å²) in [7, 11) is 0. The topological polar surface area (TPSA) is 43.4 Å². The molecule has 1 saturated carbocycles. The van der Waals surface area contributed by atoms with Crippen molar-refractivity contribution in [1.29, 1.82) is 0 Å². The van der Waals surface area contributed by atoms with Crippen molar-refractivity contribution in [3.8, 4) is 5.75 Å². The lowest BCUT2D eigenvalue weighted by molar-refractivity contribution is 0.0921. The second-order valence-electron chi connectivity index (χ2n) is 5.24. The van der Waals surface area contributed by atoms with Gasteiger partial charge in [-0.1, -0.05) is 42.5 Å². The molecule has 1 aliphatic rings. The van der Waals surface area contributed by atoms with E-state index in [4.69, 9.17) is 4.74 Å². The van der Waals surface area contributed by atoms with Crippen molar-refractivity contribution in [2.75, 3.05) is 6.61 Å². The van der Waals surface area contributed by atoms with Crippen molar-refractivity contribution < 1.29 is 14.3 Å². The molecule has 0 heterocycles. The van der Waals surface area contributed by atoms with Gasteiger partial charge in [0.15, 0.2) is 18.2 Å². The molecule has 3 heteroatoms. The van der Waals surface area contributed by atoms with E-state index in [1.54, 1.807) is 36.4 Å². The summed E-state index contributed by atoms with van der Waals surface area (Å²) in [4.78, 5) is 24.0. The highest BCUT2D eigenvalue weighted by molar-refractivity contribution is 5.99. The van der Waals surface area contributed by atoms with Gasteiger partial charge in [0.25, 0.3) is 0 Å². The van der Waals surface area contributed by atoms with E-state index in [1.165, 1.54) is 0 Å². The summed E-state index contributed by atoms with van der Waals surface area (Å²) in [6.45, 7) is -0.0227. The number of hydrogen-bond acceptors (Lipinski definition) is 3. The molecule has 106 valence electrons. The molecule has 2 aromatic rings. The van der Waals surface area contributed by atoms with Crippen LogP contribution in [-0.2, 0) is 0 Å². The lowest BCUT2D eigenvalue weighted by atomic mass is 10.1. The molecule has 3 rings (SSSR count). The highest BCUT2D eigenvalue weighted by atomic mass is 16.5. The molecule has 0 unspecified atom stereocenters. The van der Waals surface area contributed by atoms with Gasteiger partial charge < -0.3 is 4.74 Å². The Morgan fingerprint density at radius 1 is 0.952 bits per heavy atom. The number of benzene rings is 2. The average molecular weight is 280 g/mol. The standard InChI is InChI=1S/C18H16O3/c19-17(13-5-2-1-3-6-13)12-21-16-8-4-7-15(11-16)18(20)14-9-10-14/h1-8,11,14H,9-10,12H2. The number of carbonyl (C=O) groups excluding carboxylic acids is 2. The van der Waals surface area contributed by atoms with E-state index >= 15 is 0 Å². The number of Topliss-reactive ketones (excluding diaryl/α,β-unsaturated/α-hetero) is 2. The molecule has 0 amide bonds. The molecule has 0 bridgehead atoms. The molecule has 0 spiro atoms. The first-order chi connectivity index (χ1) is 10.2. The lowest BCUT2D eigenvalue weighted by Gasteiger charge is -2.07. The van der Waals surface area contributed by atoms with Gasteiger partial charge in [-0.05, 0) is 25.0 Å². The van der Waals surface area contributed by atoms with Crippen LogP contribution < -0.4 is 4.74 Å². The summed E-state index contributed by atoms with van der Waals surface area (Å²) in [5.41, 5.74) is 1.30. The Balaban J connectivity index is 1.64. The third-order valence-corrected chi connectivity index (χ3v) is 3.53. The Kier molecular flexibility index (Phi) is 3.82. The largest absolute Gasteiger partial charge is 0.485 e. The molecule has 1 aliphatic carbocycles. The number of ether oxygens (including phenoxy) is 1. The zero-order valence-corrected chi connectivity index (χ0v) is 11.6. The van der Waals surface area contributed by atoms with Gasteiger partial charge in [-0.3, -0.25) is 9.59 Å². The summed E-state index contributed by atoms with van der Waals surface area (Å²) < 4.78 is 5.51. The van der Waals surface area contributed by atoms with Gasteiger partial charge in [0.05, 0.1) is 0 Å². The van der Waals surface area contributed by atoms with Crippen molar-refractivity contribution in [3.05, 3.63) is 65.7 Å². The fraction of sp³-hybridized carbons (Fsp3) is 0.222. The molecule has 0 aliphatic heterocycles. The third kappa shape index (κ3) is 3.37. The molecule has 2 aromatic carbocycles. The molecule has 0 aromatic heterocycles. The molecule has 21 heavy (non-hydrogen) atoms. The molecule has 3 nitrogen and oxygen atoms in total. The minimum absolute atomic E-state index is 0.0227. The van der Waals surface area contributed by atoms with Crippen LogP contribution in [-0.4, -0.2) is 18.2 Å². The Bertz CT molecular complexity index is 657. The summed E-state index contributed by atoms with van der Waals surface area (Å²) in [6.07, 6.45) is 1.97. The Morgan fingerprint density at radius 3 is 2.38 bits per heavy atom. The second kappa shape index (κ2) is 5.92. The van der Waals surface area contributed by atoms with Crippen LogP contribution >= 0.6 is 0 Å². The Labute approximate surface area is 123 Å². The monoisotopic (exact) mass is 280 g/mol. The first kappa shape index (κ1) is 13.6. The van der Waals surface area contributed by atoms with Crippen molar-refractivity contribution in [1.82, 2.24) is 0 Å². The third-order valence-electron chi connectivity index (χ3n) is 3.53. The van der Waals surface area contributed by atoms with Gasteiger partial charge in [0.1, 0.15) is 5.75 Å². The quantitative estimate of drug-likeness (QED) is 0.760. The van der Waals surface area contributed by atoms with Crippen molar-refractivity contribution in [2.45, 2.75) is 12.8 Å². The maximum absolute atomic E-state index is 12.0. The maximum Gasteiger partial charge on any atom is 0.200 e. The molecular formula is C18H16O3. The fourth-order valence-corrected chi connectivity index (χ4v) is 2.18. The average Bonchev–Trinajstić information content (AvgIpc) is 3.38. The molecular weight excluding hydrogens is 264 g/mol. The number of rotatable bonds is 6. The van der Waals surface area contributed by atoms with Gasteiger partial charge >= 0.3 is 0 Å². The molecule has 0 N–H and O–H groups in total. The van der Waals surface area contributed by atoms with Crippen LogP contribution in [0.2, 0.25) is 0 Å². The second-order valence-corrected chi connectivity index (χ2v) is 5.24. The normalized spacial score (nSPS) is 13.7. The van der Waals surface area contributed by atoms with E-state index in [1.807, 2.05) is 18.2 Å². The molecule has 0 radical (unpaired) electrons. The van der Waals surface area contributed by atoms with Gasteiger partial charge in [0, 0.05) is 17.0 Å². The molecule has 1 fully saturated rings. The van der Waals surface area contributed by atoms with Gasteiger partial charge in [0.2, 0.25) is 0 Å². The lowest BCUT2D eigenvalue weighted by Crippen LogP contribution is -2.11. The summed E-state index contributed by atoms with van der Waals surface area (Å²) in [6, 6.07) is 16.1. The zero-order valence-electron chi connectivity index (χ0n) is 11.6. The van der Waals surface area contributed by atoms with Crippen LogP contribution in [0, 0.1) is 5.92 Å². The van der Waals surface area contributed by atoms with E-state index in [0.29, 0.717) is 16.9 Å². The minimum Gasteiger partial charge on any atom is -0.485 e. The van der Waals surface area contributed by atoms with Crippen molar-refractivity contribution in [3.63, 3.8) is 0 Å². The van der Waals surface area contributed by atoms with E-state index in [2.05, 4.69) is 0 Å². The van der Waals surface area contributed by atoms with Crippen LogP contribution in [0.4, 0.5) is 0 Å². The SMILES string of the molecule is O=C(COc1cccc(C(=O)C2CC2)c1)c1ccccc1. The predicted octanol–water partition coefficient (Wildman–Crippen LogP) is 3.54. The van der Waals surface area contributed by atoms with Crippen LogP contribution in [0.3, 0.4) is 0 Å². The van der Waals surface area contributed by atoms with Crippen LogP contribution in [0.5, 0.6) is 5.75 Å². The first-order valence-corrected chi connectivity index (χ1v) is 7.09. The Hall–Kier alpha value is -2.42. The highest BCUT2D eigenvalue weighted by Crippen LogP contribution is 2.33. The highest BCUT2D eigenvalue weighted by Gasteiger charge is 2.30. The van der Waals surface area contributed by atoms with Gasteiger partial charge in [-0.2, -0.15) is 0 Å². The maximum atomic E-state index is 12.0. The molecule has 0 atom stereocenters. The van der Waals surface area contributed by atoms with E-state index in [9.17, 15) is 9.59 Å². The van der Waals surface area contributed by atoms with Gasteiger partial charge in [-0.25, -0.2) is 0 Å². The zero-order chi connectivity index (χ0) is 14.7. The van der Waals surface area contributed by atoms with Crippen molar-refractivity contribution >= 4 is 11.6 Å². The Morgan fingerprint density at radius 2 is 1.67 bits per heavy atom. The molecule has 0 saturated heterocycles. The van der Waals surface area contributed by atoms with E-state index in [0.717, 1.165) is 12.8 Å². The van der Waals surface area contributed by atoms with E-state index in [-0.39, 0.29) is 24.1 Å². The minimum atomic E-state index is -0.0745. The van der Waals surface area contributed by atoms with Crippen molar-refractivity contribution in [2.24, 2.45) is 5.92 Å². The number of ketones is 2. The summed E-state index contributed by atoms with van der Waals surface area (Å²) in [5.74, 6) is 0.848. The van der Waals surface area contributed by atoms with Crippen LogP contribution in [0.1, 0.15) is 33.6 Å². The predicted molar refractivity (Wildman–Crippen MR) is 79.8 cm³/mol. The van der Waals surface area contributed by atoms with Crippen LogP contribution in [0.15, 0.2) is 54.6 Å².